The Hall–Kier alpha value is -2.43. The van der Waals surface area contributed by atoms with E-state index in [1.165, 1.54) is 16.3 Å². The summed E-state index contributed by atoms with van der Waals surface area (Å²) < 4.78 is 1.27. The van der Waals surface area contributed by atoms with Crippen molar-refractivity contribution in [2.45, 2.75) is 39.3 Å². The van der Waals surface area contributed by atoms with Crippen LogP contribution in [0.3, 0.4) is 0 Å². The summed E-state index contributed by atoms with van der Waals surface area (Å²) in [5.74, 6) is -0.0994. The van der Waals surface area contributed by atoms with Gasteiger partial charge in [-0.25, -0.2) is 4.68 Å². The number of rotatable bonds is 2. The minimum Gasteiger partial charge on any atom is -0.307 e. The number of benzene rings is 1. The third-order valence-corrected chi connectivity index (χ3v) is 4.13. The van der Waals surface area contributed by atoms with Gasteiger partial charge in [0, 0.05) is 17.8 Å². The first-order chi connectivity index (χ1) is 10.5. The van der Waals surface area contributed by atoms with Gasteiger partial charge in [0.05, 0.1) is 5.69 Å². The number of aryl methyl sites for hydroxylation is 1. The van der Waals surface area contributed by atoms with Crippen LogP contribution in [0.5, 0.6) is 0 Å². The molecule has 5 nitrogen and oxygen atoms in total. The van der Waals surface area contributed by atoms with Crippen molar-refractivity contribution in [2.24, 2.45) is 0 Å². The second-order valence-corrected chi connectivity index (χ2v) is 5.82. The minimum atomic E-state index is -0.624. The van der Waals surface area contributed by atoms with Crippen LogP contribution in [0.1, 0.15) is 31.1 Å². The molecule has 0 bridgehead atoms. The standard InChI is InChI=1S/C17H19N3O2/c1-11-8-9-16(21)20(18-11)13(3)17(22)19-12(2)10-14-6-4-5-7-15(14)19/h4-9,12-13H,10H2,1-3H3/t12-,13+/m0/s1. The lowest BCUT2D eigenvalue weighted by Crippen LogP contribution is -2.43. The lowest BCUT2D eigenvalue weighted by molar-refractivity contribution is -0.122. The fraction of sp³-hybridized carbons (Fsp3) is 0.353. The molecular formula is C17H19N3O2. The molecule has 1 aliphatic rings. The number of para-hydroxylation sites is 1. The molecule has 0 N–H and O–H groups in total. The van der Waals surface area contributed by atoms with Gasteiger partial charge in [-0.05, 0) is 44.9 Å². The smallest absolute Gasteiger partial charge is 0.267 e. The van der Waals surface area contributed by atoms with E-state index in [4.69, 9.17) is 0 Å². The fourth-order valence-electron chi connectivity index (χ4n) is 3.01. The van der Waals surface area contributed by atoms with Gasteiger partial charge >= 0.3 is 0 Å². The van der Waals surface area contributed by atoms with Crippen LogP contribution in [0, 0.1) is 6.92 Å². The number of amides is 1. The van der Waals surface area contributed by atoms with E-state index >= 15 is 0 Å². The molecular weight excluding hydrogens is 278 g/mol. The number of fused-ring (bicyclic) bond motifs is 1. The van der Waals surface area contributed by atoms with E-state index in [-0.39, 0.29) is 17.5 Å². The van der Waals surface area contributed by atoms with Crippen LogP contribution >= 0.6 is 0 Å². The molecule has 22 heavy (non-hydrogen) atoms. The zero-order valence-corrected chi connectivity index (χ0v) is 13.0. The molecule has 5 heteroatoms. The number of hydrogen-bond acceptors (Lipinski definition) is 3. The average molecular weight is 297 g/mol. The van der Waals surface area contributed by atoms with E-state index in [9.17, 15) is 9.59 Å². The van der Waals surface area contributed by atoms with Gasteiger partial charge in [-0.1, -0.05) is 18.2 Å². The van der Waals surface area contributed by atoms with E-state index in [1.807, 2.05) is 31.2 Å². The Kier molecular flexibility index (Phi) is 3.56. The number of nitrogens with zero attached hydrogens (tertiary/aromatic N) is 3. The van der Waals surface area contributed by atoms with Crippen molar-refractivity contribution in [3.63, 3.8) is 0 Å². The van der Waals surface area contributed by atoms with Crippen molar-refractivity contribution in [1.29, 1.82) is 0 Å². The lowest BCUT2D eigenvalue weighted by atomic mass is 10.1. The summed E-state index contributed by atoms with van der Waals surface area (Å²) in [7, 11) is 0. The Morgan fingerprint density at radius 2 is 2.00 bits per heavy atom. The van der Waals surface area contributed by atoms with Gasteiger partial charge < -0.3 is 4.90 Å². The number of carbonyl (C=O) groups excluding carboxylic acids is 1. The molecule has 1 aromatic carbocycles. The van der Waals surface area contributed by atoms with Crippen molar-refractivity contribution in [3.8, 4) is 0 Å². The quantitative estimate of drug-likeness (QED) is 0.853. The largest absolute Gasteiger partial charge is 0.307 e. The summed E-state index contributed by atoms with van der Waals surface area (Å²) in [5.41, 5.74) is 2.56. The summed E-state index contributed by atoms with van der Waals surface area (Å²) in [5, 5.41) is 4.20. The van der Waals surface area contributed by atoms with Gasteiger partial charge in [-0.3, -0.25) is 9.59 Å². The lowest BCUT2D eigenvalue weighted by Gasteiger charge is -2.26. The van der Waals surface area contributed by atoms with Crippen molar-refractivity contribution >= 4 is 11.6 Å². The highest BCUT2D eigenvalue weighted by molar-refractivity contribution is 5.98. The van der Waals surface area contributed by atoms with Gasteiger partial charge in [0.25, 0.3) is 11.5 Å². The molecule has 2 aromatic rings. The highest BCUT2D eigenvalue weighted by Crippen LogP contribution is 2.33. The summed E-state index contributed by atoms with van der Waals surface area (Å²) in [6.45, 7) is 5.56. The third kappa shape index (κ3) is 2.32. The SMILES string of the molecule is Cc1ccc(=O)n([C@H](C)C(=O)N2c3ccccc3C[C@@H]2C)n1. The van der Waals surface area contributed by atoms with Crippen LogP contribution in [-0.2, 0) is 11.2 Å². The molecule has 0 saturated carbocycles. The molecule has 2 atom stereocenters. The molecule has 1 amide bonds. The highest BCUT2D eigenvalue weighted by Gasteiger charge is 2.34. The molecule has 3 rings (SSSR count). The summed E-state index contributed by atoms with van der Waals surface area (Å²) in [6.07, 6.45) is 0.838. The average Bonchev–Trinajstić information content (AvgIpc) is 2.84. The second-order valence-electron chi connectivity index (χ2n) is 5.82. The number of hydrogen-bond donors (Lipinski definition) is 0. The predicted molar refractivity (Wildman–Crippen MR) is 85.0 cm³/mol. The van der Waals surface area contributed by atoms with Crippen molar-refractivity contribution in [1.82, 2.24) is 9.78 Å². The van der Waals surface area contributed by atoms with E-state index < -0.39 is 6.04 Å². The van der Waals surface area contributed by atoms with E-state index in [0.717, 1.165) is 12.1 Å². The third-order valence-electron chi connectivity index (χ3n) is 4.13. The molecule has 0 unspecified atom stereocenters. The zero-order chi connectivity index (χ0) is 15.9. The Morgan fingerprint density at radius 1 is 1.27 bits per heavy atom. The van der Waals surface area contributed by atoms with Crippen LogP contribution in [0.4, 0.5) is 5.69 Å². The van der Waals surface area contributed by atoms with E-state index in [0.29, 0.717) is 5.69 Å². The van der Waals surface area contributed by atoms with E-state index in [2.05, 4.69) is 5.10 Å². The first kappa shape index (κ1) is 14.5. The monoisotopic (exact) mass is 297 g/mol. The van der Waals surface area contributed by atoms with Crippen LogP contribution < -0.4 is 10.5 Å². The van der Waals surface area contributed by atoms with Crippen LogP contribution in [0.2, 0.25) is 0 Å². The topological polar surface area (TPSA) is 55.2 Å². The Bertz CT molecular complexity index is 781. The van der Waals surface area contributed by atoms with E-state index in [1.54, 1.807) is 24.8 Å². The minimum absolute atomic E-state index is 0.0906. The van der Waals surface area contributed by atoms with Gasteiger partial charge in [0.2, 0.25) is 0 Å². The maximum Gasteiger partial charge on any atom is 0.267 e. The number of aromatic nitrogens is 2. The molecule has 0 aliphatic carbocycles. The first-order valence-corrected chi connectivity index (χ1v) is 7.46. The molecule has 114 valence electrons. The molecule has 0 radical (unpaired) electrons. The maximum absolute atomic E-state index is 12.9. The normalized spacial score (nSPS) is 18.1. The van der Waals surface area contributed by atoms with Gasteiger partial charge in [-0.2, -0.15) is 5.10 Å². The van der Waals surface area contributed by atoms with Crippen molar-refractivity contribution < 1.29 is 4.79 Å². The Balaban J connectivity index is 1.97. The second kappa shape index (κ2) is 5.40. The Morgan fingerprint density at radius 3 is 2.77 bits per heavy atom. The fourth-order valence-corrected chi connectivity index (χ4v) is 3.01. The number of anilines is 1. The molecule has 0 fully saturated rings. The van der Waals surface area contributed by atoms with Gasteiger partial charge in [-0.15, -0.1) is 0 Å². The van der Waals surface area contributed by atoms with Crippen LogP contribution in [-0.4, -0.2) is 21.7 Å². The molecule has 0 saturated heterocycles. The van der Waals surface area contributed by atoms with Gasteiger partial charge in [0.1, 0.15) is 6.04 Å². The first-order valence-electron chi connectivity index (χ1n) is 7.46. The highest BCUT2D eigenvalue weighted by atomic mass is 16.2. The summed E-state index contributed by atoms with van der Waals surface area (Å²) in [4.78, 5) is 26.7. The molecule has 2 heterocycles. The molecule has 1 aromatic heterocycles. The zero-order valence-electron chi connectivity index (χ0n) is 13.0. The summed E-state index contributed by atoms with van der Waals surface area (Å²) in [6, 6.07) is 10.5. The van der Waals surface area contributed by atoms with Crippen molar-refractivity contribution in [3.05, 3.63) is 58.0 Å². The molecule has 1 aliphatic heterocycles. The Labute approximate surface area is 129 Å². The number of carbonyl (C=O) groups is 1. The maximum atomic E-state index is 12.9. The predicted octanol–water partition coefficient (Wildman–Crippen LogP) is 2.09. The van der Waals surface area contributed by atoms with Crippen LogP contribution in [0.25, 0.3) is 0 Å². The van der Waals surface area contributed by atoms with Crippen LogP contribution in [0.15, 0.2) is 41.2 Å². The van der Waals surface area contributed by atoms with Crippen molar-refractivity contribution in [2.75, 3.05) is 4.90 Å². The van der Waals surface area contributed by atoms with Gasteiger partial charge in [0.15, 0.2) is 0 Å². The molecule has 0 spiro atoms. The summed E-state index contributed by atoms with van der Waals surface area (Å²) >= 11 is 0.